The first kappa shape index (κ1) is 11.4. The molecule has 0 aromatic heterocycles. The van der Waals surface area contributed by atoms with Crippen LogP contribution >= 0.6 is 0 Å². The van der Waals surface area contributed by atoms with Crippen molar-refractivity contribution in [1.82, 2.24) is 5.32 Å². The van der Waals surface area contributed by atoms with Crippen LogP contribution in [-0.4, -0.2) is 23.3 Å². The van der Waals surface area contributed by atoms with Crippen molar-refractivity contribution in [3.8, 4) is 0 Å². The van der Waals surface area contributed by atoms with Gasteiger partial charge in [-0.15, -0.1) is 0 Å². The van der Waals surface area contributed by atoms with Gasteiger partial charge in [-0.1, -0.05) is 13.8 Å². The van der Waals surface area contributed by atoms with Crippen molar-refractivity contribution < 1.29 is 5.11 Å². The fourth-order valence-corrected chi connectivity index (χ4v) is 3.00. The summed E-state index contributed by atoms with van der Waals surface area (Å²) in [5.74, 6) is 0. The normalized spacial score (nSPS) is 37.0. The van der Waals surface area contributed by atoms with Crippen LogP contribution < -0.4 is 5.32 Å². The minimum atomic E-state index is -0.0834. The van der Waals surface area contributed by atoms with E-state index in [0.29, 0.717) is 17.5 Å². The topological polar surface area (TPSA) is 32.3 Å². The van der Waals surface area contributed by atoms with Crippen molar-refractivity contribution >= 4 is 0 Å². The average molecular weight is 211 g/mol. The lowest BCUT2D eigenvalue weighted by atomic mass is 9.75. The second-order valence-electron chi connectivity index (χ2n) is 6.21. The Labute approximate surface area is 93.5 Å². The highest BCUT2D eigenvalue weighted by Gasteiger charge is 2.31. The molecule has 2 aliphatic rings. The maximum atomic E-state index is 9.76. The van der Waals surface area contributed by atoms with Crippen molar-refractivity contribution in [2.75, 3.05) is 0 Å². The molecule has 0 bridgehead atoms. The molecule has 0 radical (unpaired) electrons. The largest absolute Gasteiger partial charge is 0.392 e. The molecule has 0 aromatic carbocycles. The highest BCUT2D eigenvalue weighted by atomic mass is 16.3. The summed E-state index contributed by atoms with van der Waals surface area (Å²) >= 11 is 0. The summed E-state index contributed by atoms with van der Waals surface area (Å²) in [5.41, 5.74) is 0.548. The highest BCUT2D eigenvalue weighted by Crippen LogP contribution is 2.35. The first-order valence-electron chi connectivity index (χ1n) is 6.51. The number of aliphatic hydroxyl groups is 1. The molecule has 0 aliphatic heterocycles. The molecular weight excluding hydrogens is 186 g/mol. The molecule has 2 saturated carbocycles. The fraction of sp³-hybridized carbons (Fsp3) is 1.00. The number of rotatable bonds is 2. The minimum Gasteiger partial charge on any atom is -0.392 e. The van der Waals surface area contributed by atoms with Crippen LogP contribution in [0.2, 0.25) is 0 Å². The van der Waals surface area contributed by atoms with Gasteiger partial charge in [0, 0.05) is 12.1 Å². The molecule has 2 heteroatoms. The van der Waals surface area contributed by atoms with E-state index in [1.54, 1.807) is 0 Å². The second-order valence-corrected chi connectivity index (χ2v) is 6.21. The maximum Gasteiger partial charge on any atom is 0.0693 e. The Balaban J connectivity index is 1.77. The van der Waals surface area contributed by atoms with Crippen LogP contribution in [0.15, 0.2) is 0 Å². The Morgan fingerprint density at radius 1 is 1.07 bits per heavy atom. The number of aliphatic hydroxyl groups excluding tert-OH is 1. The first-order valence-corrected chi connectivity index (χ1v) is 6.51. The summed E-state index contributed by atoms with van der Waals surface area (Å²) in [6.07, 6.45) is 8.50. The van der Waals surface area contributed by atoms with Gasteiger partial charge in [0.25, 0.3) is 0 Å². The third-order valence-corrected chi connectivity index (χ3v) is 4.27. The zero-order valence-corrected chi connectivity index (χ0v) is 10.1. The summed E-state index contributed by atoms with van der Waals surface area (Å²) in [6.45, 7) is 4.74. The summed E-state index contributed by atoms with van der Waals surface area (Å²) in [6, 6.07) is 1.05. The predicted octanol–water partition coefficient (Wildman–Crippen LogP) is 2.46. The summed E-state index contributed by atoms with van der Waals surface area (Å²) in [4.78, 5) is 0. The molecule has 88 valence electrons. The Morgan fingerprint density at radius 3 is 2.27 bits per heavy atom. The molecule has 0 unspecified atom stereocenters. The molecule has 0 aromatic rings. The lowest BCUT2D eigenvalue weighted by Gasteiger charge is -2.36. The average Bonchev–Trinajstić information content (AvgIpc) is 2.56. The quantitative estimate of drug-likeness (QED) is 0.735. The first-order chi connectivity index (χ1) is 7.07. The molecule has 2 rings (SSSR count). The van der Waals surface area contributed by atoms with Crippen LogP contribution in [-0.2, 0) is 0 Å². The van der Waals surface area contributed by atoms with Gasteiger partial charge < -0.3 is 10.4 Å². The van der Waals surface area contributed by atoms with Gasteiger partial charge >= 0.3 is 0 Å². The molecule has 0 spiro atoms. The molecule has 0 amide bonds. The molecular formula is C13H25NO. The predicted molar refractivity (Wildman–Crippen MR) is 62.8 cm³/mol. The van der Waals surface area contributed by atoms with Crippen LogP contribution in [0, 0.1) is 5.41 Å². The summed E-state index contributed by atoms with van der Waals surface area (Å²) in [7, 11) is 0. The van der Waals surface area contributed by atoms with E-state index in [9.17, 15) is 5.11 Å². The van der Waals surface area contributed by atoms with Gasteiger partial charge in [-0.25, -0.2) is 0 Å². The summed E-state index contributed by atoms with van der Waals surface area (Å²) < 4.78 is 0. The van der Waals surface area contributed by atoms with Crippen LogP contribution in [0.1, 0.15) is 58.8 Å². The number of hydrogen-bond acceptors (Lipinski definition) is 2. The van der Waals surface area contributed by atoms with Gasteiger partial charge in [0.15, 0.2) is 0 Å². The SMILES string of the molecule is CC1(C)CCC(N[C@@H]2CCC[C@H]2O)CC1. The standard InChI is InChI=1S/C13H25NO/c1-13(2)8-6-10(7-9-13)14-11-4-3-5-12(11)15/h10-12,14-15H,3-9H2,1-2H3/t11-,12-/m1/s1. The Morgan fingerprint density at radius 2 is 1.73 bits per heavy atom. The molecule has 15 heavy (non-hydrogen) atoms. The molecule has 2 N–H and O–H groups in total. The molecule has 2 atom stereocenters. The van der Waals surface area contributed by atoms with Crippen LogP contribution in [0.4, 0.5) is 0 Å². The van der Waals surface area contributed by atoms with E-state index in [1.807, 2.05) is 0 Å². The van der Waals surface area contributed by atoms with Crippen molar-refractivity contribution in [2.45, 2.75) is 77.0 Å². The zero-order chi connectivity index (χ0) is 10.9. The van der Waals surface area contributed by atoms with Gasteiger partial charge in [-0.2, -0.15) is 0 Å². The smallest absolute Gasteiger partial charge is 0.0693 e. The monoisotopic (exact) mass is 211 g/mol. The van der Waals surface area contributed by atoms with Gasteiger partial charge in [-0.05, 0) is 50.4 Å². The van der Waals surface area contributed by atoms with Crippen LogP contribution in [0.3, 0.4) is 0 Å². The van der Waals surface area contributed by atoms with Gasteiger partial charge in [0.1, 0.15) is 0 Å². The Bertz CT molecular complexity index is 205. The fourth-order valence-electron chi connectivity index (χ4n) is 3.00. The number of hydrogen-bond donors (Lipinski definition) is 2. The van der Waals surface area contributed by atoms with E-state index in [4.69, 9.17) is 0 Å². The van der Waals surface area contributed by atoms with E-state index >= 15 is 0 Å². The molecule has 0 heterocycles. The number of nitrogens with one attached hydrogen (secondary N) is 1. The van der Waals surface area contributed by atoms with Gasteiger partial charge in [0.2, 0.25) is 0 Å². The van der Waals surface area contributed by atoms with Crippen LogP contribution in [0.25, 0.3) is 0 Å². The summed E-state index contributed by atoms with van der Waals surface area (Å²) in [5, 5.41) is 13.4. The molecule has 2 nitrogen and oxygen atoms in total. The third-order valence-electron chi connectivity index (χ3n) is 4.27. The third kappa shape index (κ3) is 2.94. The highest BCUT2D eigenvalue weighted by molar-refractivity contribution is 4.89. The van der Waals surface area contributed by atoms with E-state index in [2.05, 4.69) is 19.2 Å². The molecule has 2 fully saturated rings. The Kier molecular flexibility index (Phi) is 3.36. The van der Waals surface area contributed by atoms with Crippen molar-refractivity contribution in [3.05, 3.63) is 0 Å². The molecule has 0 saturated heterocycles. The second kappa shape index (κ2) is 4.42. The maximum absolute atomic E-state index is 9.76. The van der Waals surface area contributed by atoms with Crippen molar-refractivity contribution in [1.29, 1.82) is 0 Å². The van der Waals surface area contributed by atoms with E-state index in [1.165, 1.54) is 38.5 Å². The van der Waals surface area contributed by atoms with Gasteiger partial charge in [0.05, 0.1) is 6.10 Å². The van der Waals surface area contributed by atoms with E-state index in [0.717, 1.165) is 6.42 Å². The Hall–Kier alpha value is -0.0800. The zero-order valence-electron chi connectivity index (χ0n) is 10.1. The van der Waals surface area contributed by atoms with E-state index in [-0.39, 0.29) is 6.10 Å². The van der Waals surface area contributed by atoms with Crippen molar-refractivity contribution in [3.63, 3.8) is 0 Å². The van der Waals surface area contributed by atoms with E-state index < -0.39 is 0 Å². The van der Waals surface area contributed by atoms with Crippen molar-refractivity contribution in [2.24, 2.45) is 5.41 Å². The lowest BCUT2D eigenvalue weighted by molar-refractivity contribution is 0.127. The lowest BCUT2D eigenvalue weighted by Crippen LogP contribution is -2.45. The molecule has 2 aliphatic carbocycles. The van der Waals surface area contributed by atoms with Crippen LogP contribution in [0.5, 0.6) is 0 Å². The van der Waals surface area contributed by atoms with Gasteiger partial charge in [-0.3, -0.25) is 0 Å². The minimum absolute atomic E-state index is 0.0834.